The van der Waals surface area contributed by atoms with E-state index in [4.69, 9.17) is 0 Å². The van der Waals surface area contributed by atoms with Gasteiger partial charge in [-0.1, -0.05) is 54.6 Å². The van der Waals surface area contributed by atoms with E-state index < -0.39 is 0 Å². The van der Waals surface area contributed by atoms with Gasteiger partial charge in [0, 0.05) is 12.6 Å². The topological polar surface area (TPSA) is 29.1 Å². The maximum absolute atomic E-state index is 12.1. The van der Waals surface area contributed by atoms with Gasteiger partial charge in [0.2, 0.25) is 0 Å². The van der Waals surface area contributed by atoms with Crippen LogP contribution in [0, 0.1) is 0 Å². The van der Waals surface area contributed by atoms with E-state index in [0.717, 1.165) is 21.9 Å². The molecule has 0 aromatic heterocycles. The van der Waals surface area contributed by atoms with Gasteiger partial charge in [-0.25, -0.2) is 0 Å². The number of carbonyl (C=O) groups excluding carboxylic acids is 1. The van der Waals surface area contributed by atoms with Crippen LogP contribution in [0.3, 0.4) is 0 Å². The summed E-state index contributed by atoms with van der Waals surface area (Å²) in [5, 5.41) is 4.77. The summed E-state index contributed by atoms with van der Waals surface area (Å²) in [6.07, 6.45) is 0. The van der Waals surface area contributed by atoms with E-state index >= 15 is 0 Å². The summed E-state index contributed by atoms with van der Waals surface area (Å²) in [7, 11) is 1.66. The molecule has 0 aliphatic carbocycles. The van der Waals surface area contributed by atoms with Crippen molar-refractivity contribution in [3.63, 3.8) is 0 Å². The van der Waals surface area contributed by atoms with Crippen molar-refractivity contribution < 1.29 is 4.79 Å². The highest BCUT2D eigenvalue weighted by Gasteiger charge is 2.10. The second-order valence-electron chi connectivity index (χ2n) is 4.69. The van der Waals surface area contributed by atoms with E-state index in [1.807, 2.05) is 48.5 Å². The summed E-state index contributed by atoms with van der Waals surface area (Å²) in [6.45, 7) is 0. The van der Waals surface area contributed by atoms with Crippen LogP contribution in [-0.4, -0.2) is 13.0 Å². The Labute approximate surface area is 118 Å². The van der Waals surface area contributed by atoms with Crippen LogP contribution in [0.1, 0.15) is 10.4 Å². The van der Waals surface area contributed by atoms with Gasteiger partial charge in [0.05, 0.1) is 0 Å². The van der Waals surface area contributed by atoms with Gasteiger partial charge < -0.3 is 5.32 Å². The van der Waals surface area contributed by atoms with E-state index in [1.54, 1.807) is 7.05 Å². The maximum atomic E-state index is 12.1. The quantitative estimate of drug-likeness (QED) is 0.745. The van der Waals surface area contributed by atoms with Crippen LogP contribution >= 0.6 is 0 Å². The fourth-order valence-electron chi connectivity index (χ4n) is 2.43. The SMILES string of the molecule is CNC(=O)c1cc(-c2ccccc2)cc2ccccc12. The van der Waals surface area contributed by atoms with Crippen molar-refractivity contribution >= 4 is 16.7 Å². The molecule has 0 unspecified atom stereocenters. The zero-order valence-electron chi connectivity index (χ0n) is 11.3. The molecule has 3 aromatic rings. The number of benzene rings is 3. The Bertz CT molecular complexity index is 763. The van der Waals surface area contributed by atoms with Gasteiger partial charge in [-0.15, -0.1) is 0 Å². The number of rotatable bonds is 2. The Balaban J connectivity index is 2.28. The van der Waals surface area contributed by atoms with Crippen LogP contribution in [0.5, 0.6) is 0 Å². The molecule has 0 spiro atoms. The van der Waals surface area contributed by atoms with Gasteiger partial charge in [0.25, 0.3) is 5.91 Å². The van der Waals surface area contributed by atoms with Gasteiger partial charge in [0.1, 0.15) is 0 Å². The molecule has 0 atom stereocenters. The standard InChI is InChI=1S/C18H15NO/c1-19-18(20)17-12-15(13-7-3-2-4-8-13)11-14-9-5-6-10-16(14)17/h2-12H,1H3,(H,19,20). The minimum atomic E-state index is -0.0565. The number of nitrogens with one attached hydrogen (secondary N) is 1. The molecule has 0 saturated carbocycles. The second-order valence-corrected chi connectivity index (χ2v) is 4.69. The van der Waals surface area contributed by atoms with Crippen LogP contribution in [0.2, 0.25) is 0 Å². The molecular formula is C18H15NO. The van der Waals surface area contributed by atoms with E-state index in [9.17, 15) is 4.79 Å². The zero-order valence-corrected chi connectivity index (χ0v) is 11.3. The maximum Gasteiger partial charge on any atom is 0.251 e. The summed E-state index contributed by atoms with van der Waals surface area (Å²) in [4.78, 5) is 12.1. The lowest BCUT2D eigenvalue weighted by molar-refractivity contribution is 0.0965. The molecule has 0 aliphatic rings. The van der Waals surface area contributed by atoms with E-state index in [0.29, 0.717) is 5.56 Å². The highest BCUT2D eigenvalue weighted by Crippen LogP contribution is 2.27. The zero-order chi connectivity index (χ0) is 13.9. The van der Waals surface area contributed by atoms with Crippen LogP contribution in [0.4, 0.5) is 0 Å². The third-order valence-corrected chi connectivity index (χ3v) is 3.44. The van der Waals surface area contributed by atoms with Gasteiger partial charge in [-0.05, 0) is 34.0 Å². The molecule has 0 saturated heterocycles. The number of hydrogen-bond donors (Lipinski definition) is 1. The predicted molar refractivity (Wildman–Crippen MR) is 82.8 cm³/mol. The van der Waals surface area contributed by atoms with E-state index in [-0.39, 0.29) is 5.91 Å². The highest BCUT2D eigenvalue weighted by molar-refractivity contribution is 6.08. The molecule has 0 bridgehead atoms. The minimum absolute atomic E-state index is 0.0565. The summed E-state index contributed by atoms with van der Waals surface area (Å²) in [5.41, 5.74) is 2.88. The predicted octanol–water partition coefficient (Wildman–Crippen LogP) is 3.87. The first-order valence-corrected chi connectivity index (χ1v) is 6.60. The molecule has 0 radical (unpaired) electrons. The number of fused-ring (bicyclic) bond motifs is 1. The summed E-state index contributed by atoms with van der Waals surface area (Å²) in [6, 6.07) is 22.1. The Morgan fingerprint density at radius 1 is 0.850 bits per heavy atom. The average molecular weight is 261 g/mol. The van der Waals surface area contributed by atoms with Crippen molar-refractivity contribution in [3.05, 3.63) is 72.3 Å². The van der Waals surface area contributed by atoms with Gasteiger partial charge in [-0.3, -0.25) is 4.79 Å². The lowest BCUT2D eigenvalue weighted by Gasteiger charge is -2.09. The monoisotopic (exact) mass is 261 g/mol. The molecule has 1 amide bonds. The fraction of sp³-hybridized carbons (Fsp3) is 0.0556. The molecule has 3 aromatic carbocycles. The molecule has 0 aliphatic heterocycles. The molecule has 20 heavy (non-hydrogen) atoms. The van der Waals surface area contributed by atoms with Crippen molar-refractivity contribution in [2.45, 2.75) is 0 Å². The average Bonchev–Trinajstić information content (AvgIpc) is 2.54. The highest BCUT2D eigenvalue weighted by atomic mass is 16.1. The smallest absolute Gasteiger partial charge is 0.251 e. The summed E-state index contributed by atoms with van der Waals surface area (Å²) < 4.78 is 0. The second kappa shape index (κ2) is 5.17. The molecule has 3 rings (SSSR count). The van der Waals surface area contributed by atoms with Crippen molar-refractivity contribution in [2.75, 3.05) is 7.05 Å². The largest absolute Gasteiger partial charge is 0.355 e. The van der Waals surface area contributed by atoms with Gasteiger partial charge >= 0.3 is 0 Å². The Morgan fingerprint density at radius 3 is 2.30 bits per heavy atom. The van der Waals surface area contributed by atoms with Crippen LogP contribution in [-0.2, 0) is 0 Å². The van der Waals surface area contributed by atoms with E-state index in [2.05, 4.69) is 23.5 Å². The lowest BCUT2D eigenvalue weighted by Crippen LogP contribution is -2.18. The fourth-order valence-corrected chi connectivity index (χ4v) is 2.43. The Kier molecular flexibility index (Phi) is 3.21. The van der Waals surface area contributed by atoms with Crippen LogP contribution < -0.4 is 5.32 Å². The lowest BCUT2D eigenvalue weighted by atomic mass is 9.96. The van der Waals surface area contributed by atoms with Crippen LogP contribution in [0.15, 0.2) is 66.7 Å². The third-order valence-electron chi connectivity index (χ3n) is 3.44. The molecule has 2 nitrogen and oxygen atoms in total. The van der Waals surface area contributed by atoms with Crippen LogP contribution in [0.25, 0.3) is 21.9 Å². The third kappa shape index (κ3) is 2.16. The van der Waals surface area contributed by atoms with Crippen molar-refractivity contribution in [1.82, 2.24) is 5.32 Å². The summed E-state index contributed by atoms with van der Waals surface area (Å²) >= 11 is 0. The number of amides is 1. The first-order valence-electron chi connectivity index (χ1n) is 6.60. The molecule has 0 fully saturated rings. The first-order chi connectivity index (χ1) is 9.79. The Morgan fingerprint density at radius 2 is 1.55 bits per heavy atom. The normalized spacial score (nSPS) is 10.4. The van der Waals surface area contributed by atoms with Crippen molar-refractivity contribution in [3.8, 4) is 11.1 Å². The minimum Gasteiger partial charge on any atom is -0.355 e. The van der Waals surface area contributed by atoms with Crippen molar-refractivity contribution in [2.24, 2.45) is 0 Å². The Hall–Kier alpha value is -2.61. The number of carbonyl (C=O) groups is 1. The van der Waals surface area contributed by atoms with E-state index in [1.165, 1.54) is 0 Å². The van der Waals surface area contributed by atoms with Gasteiger partial charge in [-0.2, -0.15) is 0 Å². The summed E-state index contributed by atoms with van der Waals surface area (Å²) in [5.74, 6) is -0.0565. The molecule has 0 heterocycles. The molecule has 2 heteroatoms. The van der Waals surface area contributed by atoms with Gasteiger partial charge in [0.15, 0.2) is 0 Å². The molecule has 98 valence electrons. The molecule has 1 N–H and O–H groups in total. The first kappa shape index (κ1) is 12.4. The number of hydrogen-bond acceptors (Lipinski definition) is 1. The molecular weight excluding hydrogens is 246 g/mol. The van der Waals surface area contributed by atoms with Crippen molar-refractivity contribution in [1.29, 1.82) is 0 Å².